The van der Waals surface area contributed by atoms with Gasteiger partial charge in [-0.15, -0.1) is 11.3 Å². The van der Waals surface area contributed by atoms with Crippen LogP contribution in [0.1, 0.15) is 45.2 Å². The summed E-state index contributed by atoms with van der Waals surface area (Å²) < 4.78 is 0. The van der Waals surface area contributed by atoms with Crippen LogP contribution in [0.25, 0.3) is 0 Å². The topological polar surface area (TPSA) is 50.9 Å². The number of anilines is 1. The molecule has 0 bridgehead atoms. The average molecular weight is 241 g/mol. The third kappa shape index (κ3) is 4.49. The van der Waals surface area contributed by atoms with Crippen LogP contribution in [0.2, 0.25) is 0 Å². The van der Waals surface area contributed by atoms with E-state index in [1.54, 1.807) is 11.3 Å². The summed E-state index contributed by atoms with van der Waals surface area (Å²) in [4.78, 5) is 5.69. The summed E-state index contributed by atoms with van der Waals surface area (Å²) in [6.45, 7) is 11.8. The maximum Gasteiger partial charge on any atom is 0.180 e. The number of nitrogens with two attached hydrogens (primary N) is 1. The van der Waals surface area contributed by atoms with Gasteiger partial charge in [-0.2, -0.15) is 0 Å². The number of hydrogen-bond acceptors (Lipinski definition) is 4. The fourth-order valence-corrected chi connectivity index (χ4v) is 2.23. The second kappa shape index (κ2) is 5.15. The first-order valence-electron chi connectivity index (χ1n) is 5.77. The summed E-state index contributed by atoms with van der Waals surface area (Å²) in [6.07, 6.45) is 1.01. The van der Waals surface area contributed by atoms with Gasteiger partial charge in [-0.1, -0.05) is 13.8 Å². The number of nitrogens with one attached hydrogen (secondary N) is 1. The van der Waals surface area contributed by atoms with Crippen molar-refractivity contribution in [1.82, 2.24) is 10.3 Å². The van der Waals surface area contributed by atoms with E-state index in [2.05, 4.69) is 44.9 Å². The van der Waals surface area contributed by atoms with E-state index < -0.39 is 0 Å². The molecule has 0 atom stereocenters. The Morgan fingerprint density at radius 3 is 2.50 bits per heavy atom. The van der Waals surface area contributed by atoms with Gasteiger partial charge in [0.2, 0.25) is 0 Å². The zero-order valence-corrected chi connectivity index (χ0v) is 11.7. The van der Waals surface area contributed by atoms with Gasteiger partial charge in [0.1, 0.15) is 0 Å². The molecule has 0 unspecified atom stereocenters. The van der Waals surface area contributed by atoms with Gasteiger partial charge in [0.15, 0.2) is 5.13 Å². The monoisotopic (exact) mass is 241 g/mol. The molecule has 0 aliphatic rings. The molecule has 0 fully saturated rings. The number of thiazole rings is 1. The summed E-state index contributed by atoms with van der Waals surface area (Å²) >= 11 is 1.60. The number of aromatic nitrogens is 1. The van der Waals surface area contributed by atoms with Crippen molar-refractivity contribution in [3.63, 3.8) is 0 Å². The van der Waals surface area contributed by atoms with E-state index in [1.165, 1.54) is 4.88 Å². The molecule has 1 aromatic heterocycles. The van der Waals surface area contributed by atoms with Gasteiger partial charge in [-0.3, -0.25) is 0 Å². The molecule has 0 aromatic carbocycles. The number of nitrogens with zero attached hydrogens (tertiary/aromatic N) is 1. The van der Waals surface area contributed by atoms with Crippen molar-refractivity contribution in [3.05, 3.63) is 10.6 Å². The van der Waals surface area contributed by atoms with Crippen LogP contribution in [-0.4, -0.2) is 10.5 Å². The number of hydrogen-bond donors (Lipinski definition) is 2. The first-order valence-corrected chi connectivity index (χ1v) is 6.58. The Morgan fingerprint density at radius 2 is 2.00 bits per heavy atom. The van der Waals surface area contributed by atoms with Gasteiger partial charge in [-0.05, 0) is 33.1 Å². The standard InChI is InChI=1S/C12H23N3S/c1-8(2)6-9-10(16-11(13)15-9)7-14-12(3,4)5/h8,14H,6-7H2,1-5H3,(H2,13,15). The van der Waals surface area contributed by atoms with Crippen LogP contribution in [0.3, 0.4) is 0 Å². The Morgan fingerprint density at radius 1 is 1.38 bits per heavy atom. The Kier molecular flexibility index (Phi) is 4.33. The van der Waals surface area contributed by atoms with Crippen molar-refractivity contribution < 1.29 is 0 Å². The third-order valence-corrected chi connectivity index (χ3v) is 3.10. The molecule has 1 aromatic rings. The Labute approximate surface area is 102 Å². The van der Waals surface area contributed by atoms with E-state index in [0.29, 0.717) is 11.0 Å². The summed E-state index contributed by atoms with van der Waals surface area (Å²) in [6, 6.07) is 0. The molecule has 92 valence electrons. The maximum absolute atomic E-state index is 5.77. The van der Waals surface area contributed by atoms with E-state index in [-0.39, 0.29) is 5.54 Å². The predicted octanol–water partition coefficient (Wildman–Crippen LogP) is 2.81. The summed E-state index contributed by atoms with van der Waals surface area (Å²) in [7, 11) is 0. The van der Waals surface area contributed by atoms with Gasteiger partial charge in [0.25, 0.3) is 0 Å². The molecule has 0 spiro atoms. The van der Waals surface area contributed by atoms with Crippen LogP contribution >= 0.6 is 11.3 Å². The van der Waals surface area contributed by atoms with Crippen molar-refractivity contribution in [2.45, 2.75) is 53.1 Å². The van der Waals surface area contributed by atoms with Crippen molar-refractivity contribution in [1.29, 1.82) is 0 Å². The van der Waals surface area contributed by atoms with Crippen LogP contribution in [-0.2, 0) is 13.0 Å². The van der Waals surface area contributed by atoms with Crippen molar-refractivity contribution in [2.24, 2.45) is 5.92 Å². The smallest absolute Gasteiger partial charge is 0.180 e. The van der Waals surface area contributed by atoms with E-state index >= 15 is 0 Å². The summed E-state index contributed by atoms with van der Waals surface area (Å²) in [5.41, 5.74) is 7.07. The molecule has 0 aliphatic carbocycles. The minimum absolute atomic E-state index is 0.133. The van der Waals surface area contributed by atoms with Crippen LogP contribution in [0.4, 0.5) is 5.13 Å². The Balaban J connectivity index is 2.71. The molecule has 0 saturated heterocycles. The fraction of sp³-hybridized carbons (Fsp3) is 0.750. The lowest BCUT2D eigenvalue weighted by molar-refractivity contribution is 0.425. The molecule has 0 amide bonds. The molecule has 3 nitrogen and oxygen atoms in total. The summed E-state index contributed by atoms with van der Waals surface area (Å²) in [5, 5.41) is 4.16. The second-order valence-electron chi connectivity index (χ2n) is 5.62. The van der Waals surface area contributed by atoms with Crippen LogP contribution in [0, 0.1) is 5.92 Å². The highest BCUT2D eigenvalue weighted by Gasteiger charge is 2.14. The van der Waals surface area contributed by atoms with Crippen LogP contribution in [0.5, 0.6) is 0 Å². The first-order chi connectivity index (χ1) is 7.28. The van der Waals surface area contributed by atoms with Gasteiger partial charge >= 0.3 is 0 Å². The van der Waals surface area contributed by atoms with Gasteiger partial charge in [0.05, 0.1) is 5.69 Å². The van der Waals surface area contributed by atoms with Crippen LogP contribution in [0.15, 0.2) is 0 Å². The Hall–Kier alpha value is -0.610. The SMILES string of the molecule is CC(C)Cc1nc(N)sc1CNC(C)(C)C. The first kappa shape index (κ1) is 13.5. The molecular weight excluding hydrogens is 218 g/mol. The largest absolute Gasteiger partial charge is 0.375 e. The molecule has 0 aliphatic heterocycles. The quantitative estimate of drug-likeness (QED) is 0.852. The van der Waals surface area contributed by atoms with E-state index in [1.807, 2.05) is 0 Å². The van der Waals surface area contributed by atoms with Gasteiger partial charge in [-0.25, -0.2) is 4.98 Å². The van der Waals surface area contributed by atoms with Gasteiger partial charge in [0, 0.05) is 17.0 Å². The molecule has 3 N–H and O–H groups in total. The van der Waals surface area contributed by atoms with Crippen molar-refractivity contribution in [2.75, 3.05) is 5.73 Å². The average Bonchev–Trinajstić information content (AvgIpc) is 2.40. The highest BCUT2D eigenvalue weighted by atomic mass is 32.1. The molecule has 0 saturated carbocycles. The zero-order valence-electron chi connectivity index (χ0n) is 10.9. The molecule has 16 heavy (non-hydrogen) atoms. The van der Waals surface area contributed by atoms with Gasteiger partial charge < -0.3 is 11.1 Å². The lowest BCUT2D eigenvalue weighted by Crippen LogP contribution is -2.35. The molecular formula is C12H23N3S. The van der Waals surface area contributed by atoms with Crippen LogP contribution < -0.4 is 11.1 Å². The number of rotatable bonds is 4. The third-order valence-electron chi connectivity index (χ3n) is 2.18. The molecule has 1 rings (SSSR count). The molecule has 0 radical (unpaired) electrons. The van der Waals surface area contributed by atoms with Crippen molar-refractivity contribution in [3.8, 4) is 0 Å². The zero-order chi connectivity index (χ0) is 12.3. The number of nitrogen functional groups attached to an aromatic ring is 1. The van der Waals surface area contributed by atoms with E-state index in [9.17, 15) is 0 Å². The minimum Gasteiger partial charge on any atom is -0.375 e. The maximum atomic E-state index is 5.77. The second-order valence-corrected chi connectivity index (χ2v) is 6.74. The highest BCUT2D eigenvalue weighted by Crippen LogP contribution is 2.23. The summed E-state index contributed by atoms with van der Waals surface area (Å²) in [5.74, 6) is 0.620. The fourth-order valence-electron chi connectivity index (χ4n) is 1.43. The predicted molar refractivity (Wildman–Crippen MR) is 71.7 cm³/mol. The lowest BCUT2D eigenvalue weighted by atomic mass is 10.1. The van der Waals surface area contributed by atoms with Crippen molar-refractivity contribution >= 4 is 16.5 Å². The molecule has 4 heteroatoms. The Bertz CT molecular complexity index is 337. The van der Waals surface area contributed by atoms with E-state index in [0.717, 1.165) is 18.7 Å². The molecule has 1 heterocycles. The highest BCUT2D eigenvalue weighted by molar-refractivity contribution is 7.15. The minimum atomic E-state index is 0.133. The normalized spacial score (nSPS) is 12.4. The lowest BCUT2D eigenvalue weighted by Gasteiger charge is -2.20. The van der Waals surface area contributed by atoms with E-state index in [4.69, 9.17) is 5.73 Å².